The van der Waals surface area contributed by atoms with Crippen molar-refractivity contribution in [2.75, 3.05) is 5.32 Å². The minimum atomic E-state index is -1.46. The number of benzene rings is 2. The summed E-state index contributed by atoms with van der Waals surface area (Å²) in [7, 11) is 0. The predicted molar refractivity (Wildman–Crippen MR) is 144 cm³/mol. The second-order valence-electron chi connectivity index (χ2n) is 8.09. The molecule has 0 spiro atoms. The SMILES string of the molecule is O=C(N[C@H]1N=C(c2c(Cl)cc(Cl)cc2Cl)c2ccccc2NC1=O)c1cc(F)cnc1OCc1ncccn1. The van der Waals surface area contributed by atoms with Crippen molar-refractivity contribution in [2.45, 2.75) is 12.8 Å². The molecule has 2 aromatic heterocycles. The molecule has 0 radical (unpaired) electrons. The van der Waals surface area contributed by atoms with E-state index in [1.165, 1.54) is 24.5 Å². The van der Waals surface area contributed by atoms with E-state index in [1.807, 2.05) is 0 Å². The topological polar surface area (TPSA) is 118 Å². The second kappa shape index (κ2) is 11.3. The summed E-state index contributed by atoms with van der Waals surface area (Å²) in [5.74, 6) is -2.18. The Bertz CT molecular complexity index is 1600. The van der Waals surface area contributed by atoms with Crippen LogP contribution < -0.4 is 15.4 Å². The molecule has 5 rings (SSSR count). The summed E-state index contributed by atoms with van der Waals surface area (Å²) in [6, 6.07) is 12.4. The molecule has 3 heterocycles. The zero-order chi connectivity index (χ0) is 27.5. The normalized spacial score (nSPS) is 14.5. The average Bonchev–Trinajstić information content (AvgIpc) is 3.04. The van der Waals surface area contributed by atoms with Crippen molar-refractivity contribution in [3.63, 3.8) is 0 Å². The Morgan fingerprint density at radius 1 is 1.03 bits per heavy atom. The van der Waals surface area contributed by atoms with Crippen LogP contribution in [0, 0.1) is 5.82 Å². The number of anilines is 1. The molecule has 0 bridgehead atoms. The molecule has 1 atom stereocenters. The zero-order valence-corrected chi connectivity index (χ0v) is 21.9. The number of nitrogens with one attached hydrogen (secondary N) is 2. The van der Waals surface area contributed by atoms with Crippen molar-refractivity contribution in [2.24, 2.45) is 4.99 Å². The summed E-state index contributed by atoms with van der Waals surface area (Å²) in [6.45, 7) is -0.130. The number of ether oxygens (including phenoxy) is 1. The van der Waals surface area contributed by atoms with Crippen molar-refractivity contribution in [3.8, 4) is 5.88 Å². The number of carbonyl (C=O) groups excluding carboxylic acids is 2. The Balaban J connectivity index is 1.51. The first-order valence-electron chi connectivity index (χ1n) is 11.3. The molecule has 39 heavy (non-hydrogen) atoms. The van der Waals surface area contributed by atoms with Gasteiger partial charge in [0.15, 0.2) is 5.82 Å². The van der Waals surface area contributed by atoms with Crippen molar-refractivity contribution in [1.82, 2.24) is 20.3 Å². The Labute approximate surface area is 236 Å². The molecule has 0 saturated carbocycles. The highest BCUT2D eigenvalue weighted by atomic mass is 35.5. The first-order valence-corrected chi connectivity index (χ1v) is 12.4. The Morgan fingerprint density at radius 3 is 2.49 bits per heavy atom. The van der Waals surface area contributed by atoms with Crippen molar-refractivity contribution < 1.29 is 18.7 Å². The minimum Gasteiger partial charge on any atom is -0.469 e. The van der Waals surface area contributed by atoms with Crippen LogP contribution >= 0.6 is 34.8 Å². The maximum Gasteiger partial charge on any atom is 0.269 e. The minimum absolute atomic E-state index is 0.130. The second-order valence-corrected chi connectivity index (χ2v) is 9.34. The van der Waals surface area contributed by atoms with E-state index in [-0.39, 0.29) is 33.8 Å². The third-order valence-electron chi connectivity index (χ3n) is 5.48. The predicted octanol–water partition coefficient (Wildman–Crippen LogP) is 5.10. The van der Waals surface area contributed by atoms with Gasteiger partial charge in [0.05, 0.1) is 27.6 Å². The number of nitrogens with zero attached hydrogens (tertiary/aromatic N) is 4. The Hall–Kier alpha value is -4.12. The van der Waals surface area contributed by atoms with E-state index < -0.39 is 23.8 Å². The van der Waals surface area contributed by atoms with Gasteiger partial charge in [-0.25, -0.2) is 24.3 Å². The fraction of sp³-hybridized carbons (Fsp3) is 0.0769. The van der Waals surface area contributed by atoms with Crippen LogP contribution in [0.5, 0.6) is 5.88 Å². The van der Waals surface area contributed by atoms with E-state index in [1.54, 1.807) is 30.3 Å². The lowest BCUT2D eigenvalue weighted by Crippen LogP contribution is -2.42. The van der Waals surface area contributed by atoms with Crippen LogP contribution in [0.15, 0.2) is 72.1 Å². The summed E-state index contributed by atoms with van der Waals surface area (Å²) < 4.78 is 19.7. The molecule has 9 nitrogen and oxygen atoms in total. The monoisotopic (exact) mass is 584 g/mol. The van der Waals surface area contributed by atoms with Crippen LogP contribution in [0.4, 0.5) is 10.1 Å². The van der Waals surface area contributed by atoms with Gasteiger partial charge < -0.3 is 15.4 Å². The number of amides is 2. The highest BCUT2D eigenvalue weighted by molar-refractivity contribution is 6.44. The Kier molecular flexibility index (Phi) is 7.69. The molecule has 1 aliphatic rings. The molecule has 0 unspecified atom stereocenters. The largest absolute Gasteiger partial charge is 0.469 e. The molecule has 2 amide bonds. The van der Waals surface area contributed by atoms with Crippen LogP contribution in [-0.2, 0) is 11.4 Å². The molecule has 0 saturated heterocycles. The van der Waals surface area contributed by atoms with E-state index in [4.69, 9.17) is 39.5 Å². The van der Waals surface area contributed by atoms with Crippen LogP contribution in [0.3, 0.4) is 0 Å². The summed E-state index contributed by atoms with van der Waals surface area (Å²) in [5, 5.41) is 5.93. The van der Waals surface area contributed by atoms with Gasteiger partial charge in [-0.15, -0.1) is 0 Å². The van der Waals surface area contributed by atoms with Gasteiger partial charge in [-0.1, -0.05) is 53.0 Å². The number of pyridine rings is 1. The number of para-hydroxylation sites is 1. The van der Waals surface area contributed by atoms with Crippen LogP contribution in [0.25, 0.3) is 0 Å². The summed E-state index contributed by atoms with van der Waals surface area (Å²) >= 11 is 19.0. The number of aromatic nitrogens is 3. The maximum atomic E-state index is 14.1. The van der Waals surface area contributed by atoms with Gasteiger partial charge in [-0.05, 0) is 30.3 Å². The van der Waals surface area contributed by atoms with Gasteiger partial charge in [-0.2, -0.15) is 0 Å². The molecule has 2 N–H and O–H groups in total. The third-order valence-corrected chi connectivity index (χ3v) is 6.29. The quantitative estimate of drug-likeness (QED) is 0.325. The maximum absolute atomic E-state index is 14.1. The van der Waals surface area contributed by atoms with Crippen molar-refractivity contribution in [3.05, 3.63) is 111 Å². The van der Waals surface area contributed by atoms with E-state index in [0.717, 1.165) is 12.3 Å². The number of aliphatic imine (C=N–C) groups is 1. The molecular weight excluding hydrogens is 570 g/mol. The Morgan fingerprint density at radius 2 is 1.74 bits per heavy atom. The summed E-state index contributed by atoms with van der Waals surface area (Å²) in [6.07, 6.45) is 2.48. The number of rotatable bonds is 6. The average molecular weight is 586 g/mol. The lowest BCUT2D eigenvalue weighted by molar-refractivity contribution is -0.117. The molecule has 4 aromatic rings. The first-order chi connectivity index (χ1) is 18.8. The van der Waals surface area contributed by atoms with Crippen molar-refractivity contribution in [1.29, 1.82) is 0 Å². The van der Waals surface area contributed by atoms with E-state index in [2.05, 4.69) is 30.6 Å². The molecule has 2 aromatic carbocycles. The van der Waals surface area contributed by atoms with Gasteiger partial charge in [0.1, 0.15) is 18.0 Å². The zero-order valence-electron chi connectivity index (χ0n) is 19.7. The lowest BCUT2D eigenvalue weighted by Gasteiger charge is -2.16. The molecular formula is C26H16Cl3FN6O3. The molecule has 0 aliphatic carbocycles. The standard InChI is InChI=1S/C26H16Cl3FN6O3/c27-13-8-17(28)21(18(29)9-13)22-15-4-1-2-5-19(15)34-25(38)23(35-22)36-24(37)16-10-14(30)11-33-26(16)39-12-20-31-6-3-7-32-20/h1-11,23H,12H2,(H,34,38)(H,36,37)/t23-/m1/s1. The number of benzodiazepines with no additional fused rings is 1. The van der Waals surface area contributed by atoms with Gasteiger partial charge in [0.2, 0.25) is 12.0 Å². The fourth-order valence-corrected chi connectivity index (χ4v) is 4.76. The number of fused-ring (bicyclic) bond motifs is 1. The van der Waals surface area contributed by atoms with Gasteiger partial charge in [0.25, 0.3) is 11.8 Å². The van der Waals surface area contributed by atoms with Gasteiger partial charge in [-0.3, -0.25) is 9.59 Å². The van der Waals surface area contributed by atoms with E-state index >= 15 is 0 Å². The number of hydrogen-bond acceptors (Lipinski definition) is 7. The molecule has 1 aliphatic heterocycles. The van der Waals surface area contributed by atoms with E-state index in [0.29, 0.717) is 27.7 Å². The number of carbonyl (C=O) groups is 2. The van der Waals surface area contributed by atoms with Gasteiger partial charge in [0, 0.05) is 28.5 Å². The van der Waals surface area contributed by atoms with Crippen LogP contribution in [0.2, 0.25) is 15.1 Å². The number of halogens is 4. The number of hydrogen-bond donors (Lipinski definition) is 2. The van der Waals surface area contributed by atoms with Crippen molar-refractivity contribution >= 4 is 58.0 Å². The fourth-order valence-electron chi connectivity index (χ4n) is 3.77. The van der Waals surface area contributed by atoms with E-state index in [9.17, 15) is 14.0 Å². The van der Waals surface area contributed by atoms with Crippen LogP contribution in [-0.4, -0.2) is 38.6 Å². The first kappa shape index (κ1) is 26.5. The summed E-state index contributed by atoms with van der Waals surface area (Å²) in [5.41, 5.74) is 1.20. The van der Waals surface area contributed by atoms with Crippen LogP contribution in [0.1, 0.15) is 27.3 Å². The highest BCUT2D eigenvalue weighted by Crippen LogP contribution is 2.34. The molecule has 196 valence electrons. The molecule has 0 fully saturated rings. The smallest absolute Gasteiger partial charge is 0.269 e. The summed E-state index contributed by atoms with van der Waals surface area (Å²) in [4.78, 5) is 42.9. The van der Waals surface area contributed by atoms with Gasteiger partial charge >= 0.3 is 0 Å². The third kappa shape index (κ3) is 5.83. The highest BCUT2D eigenvalue weighted by Gasteiger charge is 2.30. The lowest BCUT2D eigenvalue weighted by atomic mass is 10.0. The molecule has 13 heteroatoms.